The summed E-state index contributed by atoms with van der Waals surface area (Å²) in [6, 6.07) is 11.6. The minimum Gasteiger partial charge on any atom is -0.496 e. The summed E-state index contributed by atoms with van der Waals surface area (Å²) >= 11 is 0. The van der Waals surface area contributed by atoms with Crippen LogP contribution in [0.25, 0.3) is 0 Å². The van der Waals surface area contributed by atoms with E-state index in [1.807, 2.05) is 26.8 Å². The first-order chi connectivity index (χ1) is 14.8. The van der Waals surface area contributed by atoms with E-state index >= 15 is 0 Å². The Hall–Kier alpha value is -3.55. The van der Waals surface area contributed by atoms with Gasteiger partial charge in [-0.3, -0.25) is 14.5 Å². The third kappa shape index (κ3) is 4.33. The van der Waals surface area contributed by atoms with Gasteiger partial charge in [0.1, 0.15) is 23.6 Å². The smallest absolute Gasteiger partial charge is 0.325 e. The van der Waals surface area contributed by atoms with Crippen molar-refractivity contribution < 1.29 is 23.9 Å². The summed E-state index contributed by atoms with van der Waals surface area (Å²) in [6.45, 7) is 5.74. The number of methoxy groups -OCH3 is 1. The van der Waals surface area contributed by atoms with Gasteiger partial charge in [-0.05, 0) is 67.8 Å². The first kappa shape index (κ1) is 22.1. The van der Waals surface area contributed by atoms with Gasteiger partial charge in [-0.1, -0.05) is 13.0 Å². The van der Waals surface area contributed by atoms with Gasteiger partial charge in [0, 0.05) is 5.69 Å². The molecule has 0 aliphatic carbocycles. The van der Waals surface area contributed by atoms with E-state index in [9.17, 15) is 14.4 Å². The van der Waals surface area contributed by atoms with Crippen LogP contribution in [0.1, 0.15) is 31.4 Å². The van der Waals surface area contributed by atoms with Crippen molar-refractivity contribution in [1.29, 1.82) is 0 Å². The zero-order valence-corrected chi connectivity index (χ0v) is 18.2. The Morgan fingerprint density at radius 2 is 1.84 bits per heavy atom. The number of anilines is 1. The van der Waals surface area contributed by atoms with Crippen LogP contribution in [-0.4, -0.2) is 43.0 Å². The van der Waals surface area contributed by atoms with Crippen molar-refractivity contribution in [2.45, 2.75) is 32.7 Å². The third-order valence-electron chi connectivity index (χ3n) is 5.34. The molecule has 0 aromatic heterocycles. The lowest BCUT2D eigenvalue weighted by Gasteiger charge is -2.26. The highest BCUT2D eigenvalue weighted by molar-refractivity contribution is 6.10. The van der Waals surface area contributed by atoms with E-state index in [1.54, 1.807) is 43.5 Å². The van der Waals surface area contributed by atoms with Gasteiger partial charge in [-0.25, -0.2) is 4.79 Å². The Kier molecular flexibility index (Phi) is 6.48. The minimum atomic E-state index is -1.21. The second kappa shape index (κ2) is 9.07. The fourth-order valence-electron chi connectivity index (χ4n) is 3.70. The summed E-state index contributed by atoms with van der Waals surface area (Å²) < 4.78 is 10.7. The quantitative estimate of drug-likeness (QED) is 0.633. The maximum Gasteiger partial charge on any atom is 0.325 e. The van der Waals surface area contributed by atoms with E-state index < -0.39 is 23.4 Å². The average molecular weight is 425 g/mol. The van der Waals surface area contributed by atoms with Crippen molar-refractivity contribution in [1.82, 2.24) is 10.2 Å². The van der Waals surface area contributed by atoms with E-state index in [-0.39, 0.29) is 6.54 Å². The van der Waals surface area contributed by atoms with Gasteiger partial charge in [0.15, 0.2) is 0 Å². The molecule has 1 heterocycles. The number of hydrogen-bond donors (Lipinski definition) is 2. The number of nitrogens with one attached hydrogen (secondary N) is 2. The lowest BCUT2D eigenvalue weighted by molar-refractivity contribution is -0.134. The molecule has 3 rings (SSSR count). The molecule has 164 valence electrons. The van der Waals surface area contributed by atoms with Crippen molar-refractivity contribution in [3.05, 3.63) is 53.6 Å². The van der Waals surface area contributed by atoms with Crippen molar-refractivity contribution >= 4 is 23.5 Å². The van der Waals surface area contributed by atoms with Gasteiger partial charge in [0.2, 0.25) is 5.91 Å². The fraction of sp³-hybridized carbons (Fsp3) is 0.348. The molecule has 8 heteroatoms. The molecule has 1 aliphatic heterocycles. The zero-order valence-electron chi connectivity index (χ0n) is 18.2. The Labute approximate surface area is 181 Å². The monoisotopic (exact) mass is 425 g/mol. The largest absolute Gasteiger partial charge is 0.496 e. The van der Waals surface area contributed by atoms with E-state index in [1.165, 1.54) is 0 Å². The van der Waals surface area contributed by atoms with E-state index in [0.29, 0.717) is 35.8 Å². The summed E-state index contributed by atoms with van der Waals surface area (Å²) in [4.78, 5) is 39.3. The topological polar surface area (TPSA) is 97.0 Å². The Morgan fingerprint density at radius 3 is 2.42 bits per heavy atom. The summed E-state index contributed by atoms with van der Waals surface area (Å²) in [5.74, 6) is 0.465. The van der Waals surface area contributed by atoms with Gasteiger partial charge >= 0.3 is 6.03 Å². The van der Waals surface area contributed by atoms with Crippen molar-refractivity contribution in [3.8, 4) is 11.5 Å². The number of benzene rings is 2. The molecular formula is C23H27N3O5. The highest BCUT2D eigenvalue weighted by Gasteiger charge is 2.51. The van der Waals surface area contributed by atoms with Crippen LogP contribution in [-0.2, 0) is 15.1 Å². The van der Waals surface area contributed by atoms with E-state index in [2.05, 4.69) is 10.6 Å². The number of carbonyl (C=O) groups excluding carboxylic acids is 3. The Bertz CT molecular complexity index is 989. The summed E-state index contributed by atoms with van der Waals surface area (Å²) in [5.41, 5.74) is 0.837. The molecule has 1 saturated heterocycles. The molecule has 4 amide bonds. The average Bonchev–Trinajstić information content (AvgIpc) is 3.00. The molecule has 0 saturated carbocycles. The van der Waals surface area contributed by atoms with Crippen LogP contribution in [0.15, 0.2) is 42.5 Å². The maximum atomic E-state index is 13.3. The van der Waals surface area contributed by atoms with Crippen LogP contribution >= 0.6 is 0 Å². The highest BCUT2D eigenvalue weighted by atomic mass is 16.5. The van der Waals surface area contributed by atoms with Crippen LogP contribution in [0.4, 0.5) is 10.5 Å². The standard InChI is InChI=1S/C23H27N3O5/c1-5-23(16-7-12-19(30-4)15(3)13-16)21(28)26(22(29)25-23)14-20(27)24-17-8-10-18(11-9-17)31-6-2/h7-13H,5-6,14H2,1-4H3,(H,24,27)(H,25,29). The third-order valence-corrected chi connectivity index (χ3v) is 5.34. The zero-order chi connectivity index (χ0) is 22.6. The predicted octanol–water partition coefficient (Wildman–Crippen LogP) is 3.20. The molecule has 1 fully saturated rings. The normalized spacial score (nSPS) is 18.0. The molecule has 31 heavy (non-hydrogen) atoms. The second-order valence-corrected chi connectivity index (χ2v) is 7.27. The molecule has 0 radical (unpaired) electrons. The number of amides is 4. The molecule has 2 aromatic rings. The molecule has 1 unspecified atom stereocenters. The molecule has 1 atom stereocenters. The first-order valence-corrected chi connectivity index (χ1v) is 10.2. The fourth-order valence-corrected chi connectivity index (χ4v) is 3.70. The van der Waals surface area contributed by atoms with Gasteiger partial charge < -0.3 is 20.1 Å². The lowest BCUT2D eigenvalue weighted by atomic mass is 9.86. The number of ether oxygens (including phenoxy) is 2. The van der Waals surface area contributed by atoms with Crippen molar-refractivity contribution in [2.75, 3.05) is 25.6 Å². The number of nitrogens with zero attached hydrogens (tertiary/aromatic N) is 1. The SMILES string of the molecule is CCOc1ccc(NC(=O)CN2C(=O)NC(CC)(c3ccc(OC)c(C)c3)C2=O)cc1. The van der Waals surface area contributed by atoms with Gasteiger partial charge in [-0.15, -0.1) is 0 Å². The number of hydrogen-bond acceptors (Lipinski definition) is 5. The number of carbonyl (C=O) groups is 3. The van der Waals surface area contributed by atoms with Crippen molar-refractivity contribution in [3.63, 3.8) is 0 Å². The Morgan fingerprint density at radius 1 is 1.13 bits per heavy atom. The summed E-state index contributed by atoms with van der Waals surface area (Å²) in [6.07, 6.45) is 0.348. The molecule has 2 N–H and O–H groups in total. The lowest BCUT2D eigenvalue weighted by Crippen LogP contribution is -2.44. The van der Waals surface area contributed by atoms with Gasteiger partial charge in [-0.2, -0.15) is 0 Å². The maximum absolute atomic E-state index is 13.3. The first-order valence-electron chi connectivity index (χ1n) is 10.2. The number of imide groups is 1. The van der Waals surface area contributed by atoms with Crippen LogP contribution in [0, 0.1) is 6.92 Å². The molecule has 1 aliphatic rings. The molecule has 2 aromatic carbocycles. The van der Waals surface area contributed by atoms with E-state index in [4.69, 9.17) is 9.47 Å². The van der Waals surface area contributed by atoms with Crippen molar-refractivity contribution in [2.24, 2.45) is 0 Å². The summed E-state index contributed by atoms with van der Waals surface area (Å²) in [7, 11) is 1.57. The predicted molar refractivity (Wildman–Crippen MR) is 116 cm³/mol. The Balaban J connectivity index is 1.75. The minimum absolute atomic E-state index is 0.348. The van der Waals surface area contributed by atoms with Crippen LogP contribution in [0.2, 0.25) is 0 Å². The molecular weight excluding hydrogens is 398 g/mol. The summed E-state index contributed by atoms with van der Waals surface area (Å²) in [5, 5.41) is 5.49. The number of rotatable bonds is 8. The second-order valence-electron chi connectivity index (χ2n) is 7.27. The van der Waals surface area contributed by atoms with Gasteiger partial charge in [0.05, 0.1) is 13.7 Å². The molecule has 0 bridgehead atoms. The molecule has 8 nitrogen and oxygen atoms in total. The van der Waals surface area contributed by atoms with Crippen LogP contribution in [0.3, 0.4) is 0 Å². The molecule has 0 spiro atoms. The highest BCUT2D eigenvalue weighted by Crippen LogP contribution is 2.34. The van der Waals surface area contributed by atoms with Gasteiger partial charge in [0.25, 0.3) is 5.91 Å². The van der Waals surface area contributed by atoms with Crippen LogP contribution < -0.4 is 20.1 Å². The van der Waals surface area contributed by atoms with E-state index in [0.717, 1.165) is 10.5 Å². The number of urea groups is 1. The van der Waals surface area contributed by atoms with Crippen LogP contribution in [0.5, 0.6) is 11.5 Å². The number of aryl methyl sites for hydroxylation is 1.